The quantitative estimate of drug-likeness (QED) is 0.668. The first-order valence-electron chi connectivity index (χ1n) is 3.66. The monoisotopic (exact) mass is 200 g/mol. The maximum Gasteiger partial charge on any atom is 0.113 e. The molecule has 13 heavy (non-hydrogen) atoms. The van der Waals surface area contributed by atoms with Gasteiger partial charge in [-0.25, -0.2) is 0 Å². The van der Waals surface area contributed by atoms with Crippen molar-refractivity contribution in [2.45, 2.75) is 12.3 Å². The van der Waals surface area contributed by atoms with Crippen LogP contribution in [0.1, 0.15) is 12.5 Å². The molecule has 1 atom stereocenters. The molecular weight excluding hydrogens is 191 g/mol. The Morgan fingerprint density at radius 1 is 1.31 bits per heavy atom. The summed E-state index contributed by atoms with van der Waals surface area (Å²) in [4.78, 5) is 21.4. The van der Waals surface area contributed by atoms with Gasteiger partial charge in [0.25, 0.3) is 0 Å². The van der Waals surface area contributed by atoms with Gasteiger partial charge in [-0.1, -0.05) is 30.3 Å². The highest BCUT2D eigenvalue weighted by Gasteiger charge is 2.26. The van der Waals surface area contributed by atoms with Crippen LogP contribution in [0.4, 0.5) is 0 Å². The summed E-state index contributed by atoms with van der Waals surface area (Å²) in [5, 5.41) is 7.11. The van der Waals surface area contributed by atoms with E-state index in [9.17, 15) is 19.5 Å². The summed E-state index contributed by atoms with van der Waals surface area (Å²) >= 11 is 0. The van der Waals surface area contributed by atoms with E-state index in [1.807, 2.05) is 0 Å². The molecule has 0 saturated carbocycles. The lowest BCUT2D eigenvalue weighted by molar-refractivity contribution is -0.330. The molecule has 0 aliphatic carbocycles. The minimum absolute atomic E-state index is 0.0864. The van der Waals surface area contributed by atoms with Crippen molar-refractivity contribution in [2.24, 2.45) is 0 Å². The van der Waals surface area contributed by atoms with Gasteiger partial charge in [0, 0.05) is 0 Å². The first-order chi connectivity index (χ1) is 5.86. The Bertz CT molecular complexity index is 327. The average molecular weight is 200 g/mol. The second kappa shape index (κ2) is 3.24. The SMILES string of the molecule is CC(O)(c1ccccc1)P(=O)([O-])[O-]. The summed E-state index contributed by atoms with van der Waals surface area (Å²) in [5.41, 5.74) is 0.0864. The fourth-order valence-corrected chi connectivity index (χ4v) is 1.38. The molecular formula is C8H9O4P-2. The zero-order valence-electron chi connectivity index (χ0n) is 7.01. The molecule has 0 aliphatic heterocycles. The fraction of sp³-hybridized carbons (Fsp3) is 0.250. The van der Waals surface area contributed by atoms with Gasteiger partial charge in [-0.3, -0.25) is 0 Å². The van der Waals surface area contributed by atoms with Gasteiger partial charge in [0.15, 0.2) is 0 Å². The topological polar surface area (TPSA) is 83.4 Å². The van der Waals surface area contributed by atoms with Crippen LogP contribution >= 0.6 is 7.60 Å². The van der Waals surface area contributed by atoms with Crippen molar-refractivity contribution < 1.29 is 19.5 Å². The first kappa shape index (κ1) is 10.4. The Balaban J connectivity index is 3.16. The number of benzene rings is 1. The van der Waals surface area contributed by atoms with Crippen LogP contribution in [0.15, 0.2) is 30.3 Å². The minimum Gasteiger partial charge on any atom is -0.808 e. The van der Waals surface area contributed by atoms with Crippen LogP contribution in [0.3, 0.4) is 0 Å². The van der Waals surface area contributed by atoms with Gasteiger partial charge in [0.1, 0.15) is 5.34 Å². The molecule has 0 fully saturated rings. The second-order valence-corrected chi connectivity index (χ2v) is 4.75. The molecule has 0 heterocycles. The van der Waals surface area contributed by atoms with Crippen molar-refractivity contribution >= 4 is 7.60 Å². The Labute approximate surface area is 76.0 Å². The van der Waals surface area contributed by atoms with E-state index in [0.717, 1.165) is 6.92 Å². The lowest BCUT2D eigenvalue weighted by Crippen LogP contribution is -2.34. The van der Waals surface area contributed by atoms with Gasteiger partial charge < -0.3 is 19.5 Å². The molecule has 5 heteroatoms. The normalized spacial score (nSPS) is 16.6. The van der Waals surface area contributed by atoms with E-state index in [-0.39, 0.29) is 5.56 Å². The molecule has 1 aromatic rings. The van der Waals surface area contributed by atoms with Crippen molar-refractivity contribution in [1.29, 1.82) is 0 Å². The van der Waals surface area contributed by atoms with Crippen molar-refractivity contribution in [2.75, 3.05) is 0 Å². The Hall–Kier alpha value is -0.670. The van der Waals surface area contributed by atoms with Gasteiger partial charge >= 0.3 is 0 Å². The molecule has 1 unspecified atom stereocenters. The standard InChI is InChI=1S/C8H11O4P/c1-8(9,13(10,11)12)7-5-3-2-4-6-7/h2-6,9H,1H3,(H2,10,11,12)/p-2. The number of hydrogen-bond donors (Lipinski definition) is 1. The van der Waals surface area contributed by atoms with Gasteiger partial charge in [0.2, 0.25) is 0 Å². The van der Waals surface area contributed by atoms with Gasteiger partial charge in [-0.05, 0) is 20.1 Å². The molecule has 0 saturated heterocycles. The van der Waals surface area contributed by atoms with E-state index >= 15 is 0 Å². The first-order valence-corrected chi connectivity index (χ1v) is 5.20. The molecule has 4 nitrogen and oxygen atoms in total. The smallest absolute Gasteiger partial charge is 0.113 e. The summed E-state index contributed by atoms with van der Waals surface area (Å²) < 4.78 is 10.7. The van der Waals surface area contributed by atoms with Crippen LogP contribution in [-0.2, 0) is 9.91 Å². The molecule has 0 aliphatic rings. The minimum atomic E-state index is -5.03. The summed E-state index contributed by atoms with van der Waals surface area (Å²) in [6.45, 7) is 0.975. The van der Waals surface area contributed by atoms with Crippen LogP contribution in [0.2, 0.25) is 0 Å². The van der Waals surface area contributed by atoms with Crippen LogP contribution in [0, 0.1) is 0 Å². The third-order valence-electron chi connectivity index (χ3n) is 1.85. The van der Waals surface area contributed by atoms with E-state index in [0.29, 0.717) is 0 Å². The molecule has 0 amide bonds. The van der Waals surface area contributed by atoms with E-state index in [2.05, 4.69) is 0 Å². The molecule has 0 spiro atoms. The molecule has 1 N–H and O–H groups in total. The van der Waals surface area contributed by atoms with Crippen molar-refractivity contribution in [1.82, 2.24) is 0 Å². The zero-order valence-corrected chi connectivity index (χ0v) is 7.90. The molecule has 0 aromatic heterocycles. The van der Waals surface area contributed by atoms with Crippen molar-refractivity contribution in [3.63, 3.8) is 0 Å². The second-order valence-electron chi connectivity index (χ2n) is 2.88. The fourth-order valence-electron chi connectivity index (χ4n) is 0.912. The van der Waals surface area contributed by atoms with Crippen molar-refractivity contribution in [3.8, 4) is 0 Å². The summed E-state index contributed by atoms with van der Waals surface area (Å²) in [6.07, 6.45) is 0. The predicted octanol–water partition coefficient (Wildman–Crippen LogP) is -0.235. The summed E-state index contributed by atoms with van der Waals surface area (Å²) in [6, 6.07) is 7.56. The van der Waals surface area contributed by atoms with E-state index in [1.54, 1.807) is 18.2 Å². The van der Waals surface area contributed by atoms with Gasteiger partial charge in [-0.2, -0.15) is 0 Å². The summed E-state index contributed by atoms with van der Waals surface area (Å²) in [7, 11) is -5.03. The van der Waals surface area contributed by atoms with Crippen LogP contribution < -0.4 is 9.79 Å². The zero-order chi connectivity index (χ0) is 10.1. The van der Waals surface area contributed by atoms with E-state index in [4.69, 9.17) is 0 Å². The maximum absolute atomic E-state index is 10.7. The van der Waals surface area contributed by atoms with E-state index < -0.39 is 12.9 Å². The number of rotatable bonds is 2. The van der Waals surface area contributed by atoms with E-state index in [1.165, 1.54) is 12.1 Å². The highest BCUT2D eigenvalue weighted by atomic mass is 31.2. The molecule has 1 rings (SSSR count). The third-order valence-corrected chi connectivity index (χ3v) is 3.18. The van der Waals surface area contributed by atoms with Gasteiger partial charge in [-0.15, -0.1) is 0 Å². The lowest BCUT2D eigenvalue weighted by atomic mass is 10.1. The molecule has 0 radical (unpaired) electrons. The van der Waals surface area contributed by atoms with Crippen LogP contribution in [0.25, 0.3) is 0 Å². The Morgan fingerprint density at radius 3 is 2.15 bits per heavy atom. The molecule has 72 valence electrons. The Morgan fingerprint density at radius 2 is 1.77 bits per heavy atom. The largest absolute Gasteiger partial charge is 0.808 e. The maximum atomic E-state index is 10.7. The average Bonchev–Trinajstić information content (AvgIpc) is 2.04. The highest BCUT2D eigenvalue weighted by molar-refractivity contribution is 7.49. The highest BCUT2D eigenvalue weighted by Crippen LogP contribution is 2.47. The lowest BCUT2D eigenvalue weighted by Gasteiger charge is -2.43. The van der Waals surface area contributed by atoms with Crippen LogP contribution in [-0.4, -0.2) is 5.11 Å². The summed E-state index contributed by atoms with van der Waals surface area (Å²) in [5.74, 6) is 0. The molecule has 0 bridgehead atoms. The van der Waals surface area contributed by atoms with Crippen molar-refractivity contribution in [3.05, 3.63) is 35.9 Å². The van der Waals surface area contributed by atoms with Crippen LogP contribution in [0.5, 0.6) is 0 Å². The predicted molar refractivity (Wildman–Crippen MR) is 43.6 cm³/mol. The number of aliphatic hydroxyl groups is 1. The third kappa shape index (κ3) is 1.98. The molecule has 1 aromatic carbocycles. The Kier molecular flexibility index (Phi) is 2.59. The number of hydrogen-bond acceptors (Lipinski definition) is 4. The van der Waals surface area contributed by atoms with Gasteiger partial charge in [0.05, 0.1) is 0 Å².